The van der Waals surface area contributed by atoms with Gasteiger partial charge in [0.2, 0.25) is 0 Å². The Bertz CT molecular complexity index is 215. The van der Waals surface area contributed by atoms with Gasteiger partial charge in [0.1, 0.15) is 0 Å². The van der Waals surface area contributed by atoms with Crippen LogP contribution in [0.4, 0.5) is 0 Å². The van der Waals surface area contributed by atoms with Crippen LogP contribution in [0.25, 0.3) is 0 Å². The zero-order valence-corrected chi connectivity index (χ0v) is 11.9. The predicted octanol–water partition coefficient (Wildman–Crippen LogP) is 0.766. The second kappa shape index (κ2) is 6.69. The number of hydrogen-bond donors (Lipinski definition) is 1. The van der Waals surface area contributed by atoms with Crippen molar-refractivity contribution in [3.8, 4) is 0 Å². The lowest BCUT2D eigenvalue weighted by molar-refractivity contribution is -0.0861. The highest BCUT2D eigenvalue weighted by Gasteiger charge is 2.46. The third-order valence-electron chi connectivity index (χ3n) is 4.01. The Morgan fingerprint density at radius 1 is 1.29 bits per heavy atom. The Hall–Kier alpha value is -0.160. The molecule has 102 valence electrons. The molecule has 0 aromatic rings. The molecule has 4 nitrogen and oxygen atoms in total. The van der Waals surface area contributed by atoms with Crippen LogP contribution in [0.15, 0.2) is 0 Å². The van der Waals surface area contributed by atoms with Gasteiger partial charge in [0.05, 0.1) is 6.10 Å². The monoisotopic (exact) mass is 243 g/mol. The van der Waals surface area contributed by atoms with Gasteiger partial charge in [0.15, 0.2) is 0 Å². The molecule has 0 amide bonds. The van der Waals surface area contributed by atoms with Gasteiger partial charge in [0, 0.05) is 19.2 Å². The molecular weight excluding hydrogens is 214 g/mol. The average molecular weight is 243 g/mol. The Labute approximate surface area is 106 Å². The van der Waals surface area contributed by atoms with Crippen molar-refractivity contribution in [2.24, 2.45) is 5.73 Å². The molecule has 0 aliphatic heterocycles. The zero-order chi connectivity index (χ0) is 12.9. The second-order valence-electron chi connectivity index (χ2n) is 5.43. The van der Waals surface area contributed by atoms with Crippen LogP contribution in [-0.2, 0) is 4.74 Å². The molecule has 0 aromatic heterocycles. The van der Waals surface area contributed by atoms with Crippen LogP contribution in [0.3, 0.4) is 0 Å². The molecule has 1 saturated carbocycles. The largest absolute Gasteiger partial charge is 0.381 e. The molecule has 1 aliphatic carbocycles. The minimum atomic E-state index is 0.210. The van der Waals surface area contributed by atoms with Crippen molar-refractivity contribution in [3.63, 3.8) is 0 Å². The summed E-state index contributed by atoms with van der Waals surface area (Å²) < 4.78 is 5.39. The summed E-state index contributed by atoms with van der Waals surface area (Å²) in [5.74, 6) is 0. The summed E-state index contributed by atoms with van der Waals surface area (Å²) in [6.45, 7) is 6.35. The SMILES string of the molecule is CCN(CCCN(C)C)C1(CN)CC(OC)C1. The lowest BCUT2D eigenvalue weighted by Gasteiger charge is -2.53. The Morgan fingerprint density at radius 2 is 1.94 bits per heavy atom. The van der Waals surface area contributed by atoms with E-state index in [4.69, 9.17) is 10.5 Å². The summed E-state index contributed by atoms with van der Waals surface area (Å²) >= 11 is 0. The molecule has 4 heteroatoms. The Morgan fingerprint density at radius 3 is 2.35 bits per heavy atom. The molecule has 2 N–H and O–H groups in total. The minimum absolute atomic E-state index is 0.210. The van der Waals surface area contributed by atoms with Gasteiger partial charge < -0.3 is 15.4 Å². The van der Waals surface area contributed by atoms with Gasteiger partial charge in [-0.3, -0.25) is 4.90 Å². The summed E-state index contributed by atoms with van der Waals surface area (Å²) in [5, 5.41) is 0. The second-order valence-corrected chi connectivity index (χ2v) is 5.43. The van der Waals surface area contributed by atoms with E-state index in [0.29, 0.717) is 6.10 Å². The van der Waals surface area contributed by atoms with Crippen molar-refractivity contribution in [2.75, 3.05) is 47.4 Å². The van der Waals surface area contributed by atoms with Crippen molar-refractivity contribution in [2.45, 2.75) is 37.8 Å². The van der Waals surface area contributed by atoms with E-state index in [0.717, 1.165) is 39.0 Å². The van der Waals surface area contributed by atoms with Crippen molar-refractivity contribution in [1.29, 1.82) is 0 Å². The summed E-state index contributed by atoms with van der Waals surface area (Å²) in [6, 6.07) is 0. The molecule has 0 atom stereocenters. The molecule has 1 fully saturated rings. The molecule has 0 heterocycles. The first-order chi connectivity index (χ1) is 8.07. The topological polar surface area (TPSA) is 41.7 Å². The lowest BCUT2D eigenvalue weighted by atomic mass is 9.72. The van der Waals surface area contributed by atoms with E-state index in [1.165, 1.54) is 6.42 Å². The smallest absolute Gasteiger partial charge is 0.0607 e. The first-order valence-electron chi connectivity index (χ1n) is 6.70. The first kappa shape index (κ1) is 14.9. The van der Waals surface area contributed by atoms with Crippen LogP contribution in [0.2, 0.25) is 0 Å². The number of hydrogen-bond acceptors (Lipinski definition) is 4. The molecule has 0 unspecified atom stereocenters. The van der Waals surface area contributed by atoms with Gasteiger partial charge in [-0.05, 0) is 53.0 Å². The highest BCUT2D eigenvalue weighted by atomic mass is 16.5. The summed E-state index contributed by atoms with van der Waals surface area (Å²) in [6.07, 6.45) is 3.81. The van der Waals surface area contributed by atoms with Crippen LogP contribution < -0.4 is 5.73 Å². The normalized spacial score (nSPS) is 28.8. The van der Waals surface area contributed by atoms with Crippen LogP contribution >= 0.6 is 0 Å². The number of nitrogens with zero attached hydrogens (tertiary/aromatic N) is 2. The van der Waals surface area contributed by atoms with E-state index in [-0.39, 0.29) is 5.54 Å². The maximum atomic E-state index is 5.99. The van der Waals surface area contributed by atoms with E-state index < -0.39 is 0 Å². The molecule has 1 aliphatic rings. The van der Waals surface area contributed by atoms with Gasteiger partial charge in [-0.25, -0.2) is 0 Å². The van der Waals surface area contributed by atoms with Crippen molar-refractivity contribution < 1.29 is 4.74 Å². The molecule has 0 bridgehead atoms. The van der Waals surface area contributed by atoms with Crippen LogP contribution in [0.5, 0.6) is 0 Å². The summed E-state index contributed by atoms with van der Waals surface area (Å²) in [5.41, 5.74) is 6.20. The van der Waals surface area contributed by atoms with Crippen LogP contribution in [-0.4, -0.2) is 68.8 Å². The summed E-state index contributed by atoms with van der Waals surface area (Å²) in [4.78, 5) is 4.79. The number of nitrogens with two attached hydrogens (primary N) is 1. The van der Waals surface area contributed by atoms with E-state index in [1.807, 2.05) is 0 Å². The van der Waals surface area contributed by atoms with Gasteiger partial charge in [-0.1, -0.05) is 6.92 Å². The van der Waals surface area contributed by atoms with Gasteiger partial charge in [-0.15, -0.1) is 0 Å². The minimum Gasteiger partial charge on any atom is -0.381 e. The number of ether oxygens (including phenoxy) is 1. The van der Waals surface area contributed by atoms with Crippen LogP contribution in [0.1, 0.15) is 26.2 Å². The van der Waals surface area contributed by atoms with Crippen LogP contribution in [0, 0.1) is 0 Å². The Kier molecular flexibility index (Phi) is 5.86. The van der Waals surface area contributed by atoms with Crippen molar-refractivity contribution in [1.82, 2.24) is 9.80 Å². The maximum absolute atomic E-state index is 5.99. The predicted molar refractivity (Wildman–Crippen MR) is 72.2 cm³/mol. The fourth-order valence-corrected chi connectivity index (χ4v) is 2.82. The molecule has 1 rings (SSSR count). The van der Waals surface area contributed by atoms with E-state index >= 15 is 0 Å². The maximum Gasteiger partial charge on any atom is 0.0607 e. The highest BCUT2D eigenvalue weighted by molar-refractivity contribution is 5.04. The van der Waals surface area contributed by atoms with Gasteiger partial charge in [0.25, 0.3) is 0 Å². The molecule has 0 saturated heterocycles. The van der Waals surface area contributed by atoms with Gasteiger partial charge >= 0.3 is 0 Å². The molecular formula is C13H29N3O. The highest BCUT2D eigenvalue weighted by Crippen LogP contribution is 2.38. The molecule has 0 radical (unpaired) electrons. The number of likely N-dealkylation sites (N-methyl/N-ethyl adjacent to an activating group) is 1. The number of methoxy groups -OCH3 is 1. The third-order valence-corrected chi connectivity index (χ3v) is 4.01. The van der Waals surface area contributed by atoms with E-state index in [2.05, 4.69) is 30.8 Å². The number of rotatable bonds is 8. The zero-order valence-electron chi connectivity index (χ0n) is 11.9. The van der Waals surface area contributed by atoms with E-state index in [1.54, 1.807) is 7.11 Å². The molecule has 0 aromatic carbocycles. The third kappa shape index (κ3) is 3.65. The Balaban J connectivity index is 2.42. The van der Waals surface area contributed by atoms with Gasteiger partial charge in [-0.2, -0.15) is 0 Å². The summed E-state index contributed by atoms with van der Waals surface area (Å²) in [7, 11) is 6.05. The molecule has 0 spiro atoms. The van der Waals surface area contributed by atoms with Crippen molar-refractivity contribution in [3.05, 3.63) is 0 Å². The van der Waals surface area contributed by atoms with E-state index in [9.17, 15) is 0 Å². The fraction of sp³-hybridized carbons (Fsp3) is 1.00. The standard InChI is InChI=1S/C13H29N3O/c1-5-16(8-6-7-15(2)3)13(11-14)9-12(10-13)17-4/h12H,5-11,14H2,1-4H3. The van der Waals surface area contributed by atoms with Crippen molar-refractivity contribution >= 4 is 0 Å². The fourth-order valence-electron chi connectivity index (χ4n) is 2.82. The quantitative estimate of drug-likeness (QED) is 0.683. The molecule has 17 heavy (non-hydrogen) atoms. The average Bonchev–Trinajstić information content (AvgIpc) is 2.25. The first-order valence-corrected chi connectivity index (χ1v) is 6.70. The lowest BCUT2D eigenvalue weighted by Crippen LogP contribution is -2.64.